The minimum Gasteiger partial charge on any atom is -0.461 e. The molecule has 6 nitrogen and oxygen atoms in total. The summed E-state index contributed by atoms with van der Waals surface area (Å²) in [6.45, 7) is 6.82. The number of benzene rings is 1. The Hall–Kier alpha value is -2.76. The van der Waals surface area contributed by atoms with E-state index in [-0.39, 0.29) is 17.9 Å². The molecule has 2 aliphatic rings. The van der Waals surface area contributed by atoms with Crippen LogP contribution < -0.4 is 5.32 Å². The predicted octanol–water partition coefficient (Wildman–Crippen LogP) is 4.91. The van der Waals surface area contributed by atoms with Crippen molar-refractivity contribution >= 4 is 12.0 Å². The molecule has 0 bridgehead atoms. The zero-order chi connectivity index (χ0) is 22.0. The Balaban J connectivity index is 1.37. The first-order chi connectivity index (χ1) is 14.8. The number of nitrogens with one attached hydrogen (secondary N) is 1. The minimum atomic E-state index is -0.525. The average Bonchev–Trinajstić information content (AvgIpc) is 3.16. The number of hydrogen-bond acceptors (Lipinski definition) is 4. The van der Waals surface area contributed by atoms with Crippen LogP contribution in [0, 0.1) is 5.92 Å². The fraction of sp³-hybridized carbons (Fsp3) is 0.520. The maximum Gasteiger partial charge on any atom is 0.407 e. The van der Waals surface area contributed by atoms with Crippen molar-refractivity contribution in [3.05, 3.63) is 47.7 Å². The number of hydrogen-bond donors (Lipinski definition) is 1. The van der Waals surface area contributed by atoms with Crippen molar-refractivity contribution in [2.45, 2.75) is 71.1 Å². The molecule has 1 aromatic heterocycles. The van der Waals surface area contributed by atoms with E-state index in [2.05, 4.69) is 11.4 Å². The lowest BCUT2D eigenvalue weighted by molar-refractivity contribution is -0.137. The highest BCUT2D eigenvalue weighted by Gasteiger charge is 2.33. The number of amides is 2. The molecule has 166 valence electrons. The van der Waals surface area contributed by atoms with Crippen LogP contribution >= 0.6 is 0 Å². The van der Waals surface area contributed by atoms with E-state index in [1.54, 1.807) is 0 Å². The fourth-order valence-corrected chi connectivity index (χ4v) is 4.54. The molecule has 2 atom stereocenters. The molecule has 2 heterocycles. The van der Waals surface area contributed by atoms with Crippen molar-refractivity contribution in [3.63, 3.8) is 0 Å². The lowest BCUT2D eigenvalue weighted by Crippen LogP contribution is -2.46. The van der Waals surface area contributed by atoms with Gasteiger partial charge in [-0.3, -0.25) is 4.79 Å². The average molecular weight is 425 g/mol. The van der Waals surface area contributed by atoms with Gasteiger partial charge in [0.05, 0.1) is 0 Å². The molecular weight excluding hydrogens is 392 g/mol. The van der Waals surface area contributed by atoms with Crippen LogP contribution in [0.5, 0.6) is 0 Å². The number of rotatable bonds is 3. The Morgan fingerprint density at radius 1 is 1.16 bits per heavy atom. The van der Waals surface area contributed by atoms with E-state index in [9.17, 15) is 9.59 Å². The molecule has 0 radical (unpaired) electrons. The smallest absolute Gasteiger partial charge is 0.407 e. The second-order valence-electron chi connectivity index (χ2n) is 9.64. The van der Waals surface area contributed by atoms with E-state index in [1.807, 2.05) is 56.0 Å². The van der Waals surface area contributed by atoms with Crippen molar-refractivity contribution in [1.29, 1.82) is 0 Å². The van der Waals surface area contributed by atoms with Gasteiger partial charge in [0.1, 0.15) is 17.1 Å². The summed E-state index contributed by atoms with van der Waals surface area (Å²) in [6.07, 6.45) is 3.69. The van der Waals surface area contributed by atoms with Crippen molar-refractivity contribution in [3.8, 4) is 11.3 Å². The van der Waals surface area contributed by atoms with E-state index < -0.39 is 11.7 Å². The lowest BCUT2D eigenvalue weighted by atomic mass is 9.84. The minimum absolute atomic E-state index is 0.0171. The zero-order valence-electron chi connectivity index (χ0n) is 18.6. The molecule has 1 aliphatic heterocycles. The molecule has 2 aromatic rings. The van der Waals surface area contributed by atoms with Gasteiger partial charge in [-0.1, -0.05) is 36.8 Å². The normalized spacial score (nSPS) is 21.3. The Morgan fingerprint density at radius 3 is 2.68 bits per heavy atom. The highest BCUT2D eigenvalue weighted by atomic mass is 16.6. The van der Waals surface area contributed by atoms with Crippen LogP contribution in [-0.2, 0) is 22.5 Å². The second-order valence-corrected chi connectivity index (χ2v) is 9.64. The largest absolute Gasteiger partial charge is 0.461 e. The van der Waals surface area contributed by atoms with Gasteiger partial charge in [0.2, 0.25) is 5.91 Å². The number of alkyl carbamates (subject to hydrolysis) is 1. The molecule has 1 fully saturated rings. The zero-order valence-corrected chi connectivity index (χ0v) is 18.6. The van der Waals surface area contributed by atoms with Crippen LogP contribution in [0.25, 0.3) is 11.3 Å². The van der Waals surface area contributed by atoms with Crippen LogP contribution in [-0.4, -0.2) is 35.1 Å². The fourth-order valence-electron chi connectivity index (χ4n) is 4.54. The molecule has 0 saturated heterocycles. The van der Waals surface area contributed by atoms with Crippen LogP contribution in [0.1, 0.15) is 57.8 Å². The number of carbonyl (C=O) groups excluding carboxylic acids is 2. The first kappa shape index (κ1) is 21.5. The van der Waals surface area contributed by atoms with Crippen LogP contribution in [0.3, 0.4) is 0 Å². The molecule has 1 saturated carbocycles. The summed E-state index contributed by atoms with van der Waals surface area (Å²) < 4.78 is 11.4. The molecule has 6 heteroatoms. The van der Waals surface area contributed by atoms with Gasteiger partial charge < -0.3 is 19.4 Å². The first-order valence-electron chi connectivity index (χ1n) is 11.2. The maximum absolute atomic E-state index is 13.3. The number of nitrogens with zero attached hydrogens (tertiary/aromatic N) is 1. The third kappa shape index (κ3) is 5.30. The molecule has 0 unspecified atom stereocenters. The summed E-state index contributed by atoms with van der Waals surface area (Å²) >= 11 is 0. The first-order valence-corrected chi connectivity index (χ1v) is 11.2. The van der Waals surface area contributed by atoms with Crippen molar-refractivity contribution in [1.82, 2.24) is 10.2 Å². The Labute approximate surface area is 183 Å². The van der Waals surface area contributed by atoms with Gasteiger partial charge in [-0.25, -0.2) is 4.79 Å². The highest BCUT2D eigenvalue weighted by molar-refractivity contribution is 5.79. The van der Waals surface area contributed by atoms with Gasteiger partial charge in [-0.15, -0.1) is 0 Å². The number of ether oxygens (including phenoxy) is 1. The molecule has 4 rings (SSSR count). The predicted molar refractivity (Wildman–Crippen MR) is 118 cm³/mol. The topological polar surface area (TPSA) is 71.8 Å². The summed E-state index contributed by atoms with van der Waals surface area (Å²) in [5, 5.41) is 2.95. The maximum atomic E-state index is 13.3. The number of furan rings is 1. The molecule has 1 N–H and O–H groups in total. The Morgan fingerprint density at radius 2 is 1.94 bits per heavy atom. The summed E-state index contributed by atoms with van der Waals surface area (Å²) in [4.78, 5) is 27.3. The van der Waals surface area contributed by atoms with Crippen molar-refractivity contribution in [2.75, 3.05) is 6.54 Å². The van der Waals surface area contributed by atoms with Gasteiger partial charge >= 0.3 is 6.09 Å². The number of carbonyl (C=O) groups is 2. The molecule has 1 aliphatic carbocycles. The highest BCUT2D eigenvalue weighted by Crippen LogP contribution is 2.32. The summed E-state index contributed by atoms with van der Waals surface area (Å²) in [6, 6.07) is 12.1. The van der Waals surface area contributed by atoms with Gasteiger partial charge in [0.25, 0.3) is 0 Å². The summed E-state index contributed by atoms with van der Waals surface area (Å²) in [5.41, 5.74) is 1.62. The monoisotopic (exact) mass is 424 g/mol. The van der Waals surface area contributed by atoms with E-state index in [1.165, 1.54) is 0 Å². The third-order valence-electron chi connectivity index (χ3n) is 5.98. The van der Waals surface area contributed by atoms with Crippen molar-refractivity contribution in [2.24, 2.45) is 5.92 Å². The van der Waals surface area contributed by atoms with Gasteiger partial charge in [0.15, 0.2) is 0 Å². The number of fused-ring (bicyclic) bond motifs is 1. The molecule has 31 heavy (non-hydrogen) atoms. The van der Waals surface area contributed by atoms with Gasteiger partial charge in [-0.2, -0.15) is 0 Å². The van der Waals surface area contributed by atoms with Crippen molar-refractivity contribution < 1.29 is 18.7 Å². The Bertz CT molecular complexity index is 929. The van der Waals surface area contributed by atoms with Crippen LogP contribution in [0.4, 0.5) is 4.79 Å². The third-order valence-corrected chi connectivity index (χ3v) is 5.98. The summed E-state index contributed by atoms with van der Waals surface area (Å²) in [7, 11) is 0. The van der Waals surface area contributed by atoms with E-state index in [4.69, 9.17) is 9.15 Å². The Kier molecular flexibility index (Phi) is 6.08. The van der Waals surface area contributed by atoms with Gasteiger partial charge in [-0.05, 0) is 46.1 Å². The molecule has 0 spiro atoms. The standard InChI is InChI=1S/C25H32N2O4/c1-25(2,3)31-24(29)26-20-11-7-10-18(14-20)23(28)27-13-12-21-19(16-27)15-22(30-21)17-8-5-4-6-9-17/h4-6,8-9,15,18,20H,7,10-14,16H2,1-3H3,(H,26,29)/t18-,20-/m1/s1. The molecule has 1 aromatic carbocycles. The lowest BCUT2D eigenvalue weighted by Gasteiger charge is -2.34. The van der Waals surface area contributed by atoms with Crippen LogP contribution in [0.2, 0.25) is 0 Å². The molecular formula is C25H32N2O4. The second kappa shape index (κ2) is 8.77. The quantitative estimate of drug-likeness (QED) is 0.760. The summed E-state index contributed by atoms with van der Waals surface area (Å²) in [5.74, 6) is 1.97. The van der Waals surface area contributed by atoms with Crippen LogP contribution in [0.15, 0.2) is 40.8 Å². The molecule has 2 amide bonds. The van der Waals surface area contributed by atoms with E-state index in [0.717, 1.165) is 48.3 Å². The SMILES string of the molecule is CC(C)(C)OC(=O)N[C@@H]1CCC[C@@H](C(=O)N2CCc3oc(-c4ccccc4)cc3C2)C1. The van der Waals surface area contributed by atoms with E-state index in [0.29, 0.717) is 19.5 Å². The van der Waals surface area contributed by atoms with E-state index >= 15 is 0 Å². The van der Waals surface area contributed by atoms with Gasteiger partial charge in [0, 0.05) is 42.6 Å².